The number of thiazole rings is 1. The predicted molar refractivity (Wildman–Crippen MR) is 181 cm³/mol. The van der Waals surface area contributed by atoms with E-state index in [4.69, 9.17) is 23.3 Å². The lowest BCUT2D eigenvalue weighted by molar-refractivity contribution is -0.683. The Morgan fingerprint density at radius 1 is 0.844 bits per heavy atom. The van der Waals surface area contributed by atoms with Crippen LogP contribution in [0.1, 0.15) is 94.1 Å². The van der Waals surface area contributed by atoms with Crippen LogP contribution in [0.15, 0.2) is 54.2 Å². The van der Waals surface area contributed by atoms with E-state index in [1.165, 1.54) is 62.7 Å². The first-order valence-corrected chi connectivity index (χ1v) is 18.8. The molecule has 10 heteroatoms. The van der Waals surface area contributed by atoms with Crippen molar-refractivity contribution in [2.24, 2.45) is 0 Å². The number of hydrogen-bond acceptors (Lipinski definition) is 7. The average molecular weight is 663 g/mol. The summed E-state index contributed by atoms with van der Waals surface area (Å²) in [5, 5.41) is 0. The number of hydrogen-bond donors (Lipinski definition) is 1. The Bertz CT molecular complexity index is 1280. The van der Waals surface area contributed by atoms with Crippen LogP contribution in [0.5, 0.6) is 17.2 Å². The number of benzene rings is 2. The van der Waals surface area contributed by atoms with Gasteiger partial charge in [-0.25, -0.2) is 4.57 Å². The van der Waals surface area contributed by atoms with Crippen LogP contribution < -0.4 is 18.6 Å². The number of unbranched alkanes of at least 4 members (excludes halogenated alkanes) is 9. The van der Waals surface area contributed by atoms with Crippen molar-refractivity contribution >= 4 is 19.2 Å². The van der Waals surface area contributed by atoms with Crippen LogP contribution >= 0.6 is 19.2 Å². The van der Waals surface area contributed by atoms with Gasteiger partial charge in [0, 0.05) is 17.7 Å². The number of aromatic nitrogens is 1. The van der Waals surface area contributed by atoms with Crippen LogP contribution in [-0.4, -0.2) is 37.4 Å². The maximum atomic E-state index is 12.7. The number of aryl methyl sites for hydroxylation is 1. The van der Waals surface area contributed by atoms with E-state index in [9.17, 15) is 9.46 Å². The van der Waals surface area contributed by atoms with E-state index in [0.29, 0.717) is 25.5 Å². The molecule has 3 rings (SSSR count). The lowest BCUT2D eigenvalue weighted by atomic mass is 10.1. The van der Waals surface area contributed by atoms with E-state index < -0.39 is 13.9 Å². The largest absolute Gasteiger partial charge is 0.527 e. The van der Waals surface area contributed by atoms with Gasteiger partial charge in [0.2, 0.25) is 5.51 Å². The number of ether oxygens (including phenoxy) is 3. The third-order valence-corrected chi connectivity index (χ3v) is 9.24. The second kappa shape index (κ2) is 20.7. The highest BCUT2D eigenvalue weighted by molar-refractivity contribution is 7.47. The Morgan fingerprint density at radius 3 is 2.11 bits per heavy atom. The zero-order valence-corrected chi connectivity index (χ0v) is 29.3. The molecule has 0 aliphatic rings. The molecule has 2 unspecified atom stereocenters. The van der Waals surface area contributed by atoms with Crippen LogP contribution in [0.3, 0.4) is 0 Å². The Labute approximate surface area is 274 Å². The summed E-state index contributed by atoms with van der Waals surface area (Å²) in [7, 11) is -4.37. The number of phosphoric ester groups is 1. The minimum absolute atomic E-state index is 0.144. The minimum atomic E-state index is -4.37. The zero-order valence-electron chi connectivity index (χ0n) is 27.6. The maximum Gasteiger partial charge on any atom is 0.527 e. The summed E-state index contributed by atoms with van der Waals surface area (Å²) in [5.41, 5.74) is 4.02. The van der Waals surface area contributed by atoms with Crippen molar-refractivity contribution in [3.8, 4) is 17.2 Å². The molecule has 0 fully saturated rings. The predicted octanol–water partition coefficient (Wildman–Crippen LogP) is 8.98. The van der Waals surface area contributed by atoms with Crippen molar-refractivity contribution in [1.29, 1.82) is 0 Å². The molecule has 0 radical (unpaired) electrons. The van der Waals surface area contributed by atoms with E-state index in [-0.39, 0.29) is 19.0 Å². The molecule has 2 atom stereocenters. The van der Waals surface area contributed by atoms with Crippen LogP contribution in [-0.2, 0) is 20.4 Å². The fraction of sp³-hybridized carbons (Fsp3) is 0.571. The zero-order chi connectivity index (χ0) is 32.3. The summed E-state index contributed by atoms with van der Waals surface area (Å²) in [6, 6.07) is 12.8. The average Bonchev–Trinajstić information content (AvgIpc) is 3.43. The number of phosphoric acid groups is 1. The van der Waals surface area contributed by atoms with Gasteiger partial charge in [0.1, 0.15) is 30.0 Å². The molecule has 0 saturated heterocycles. The molecule has 0 amide bonds. The third kappa shape index (κ3) is 14.7. The fourth-order valence-corrected chi connectivity index (χ4v) is 6.40. The summed E-state index contributed by atoms with van der Waals surface area (Å²) >= 11 is 1.68. The molecular formula is C35H53NO7PS+. The van der Waals surface area contributed by atoms with Crippen molar-refractivity contribution in [3.63, 3.8) is 0 Å². The minimum Gasteiger partial charge on any atom is -0.493 e. The van der Waals surface area contributed by atoms with Gasteiger partial charge >= 0.3 is 7.82 Å². The molecule has 0 bridgehead atoms. The first-order chi connectivity index (χ1) is 21.8. The molecule has 1 aromatic heterocycles. The maximum absolute atomic E-state index is 12.7. The lowest BCUT2D eigenvalue weighted by Crippen LogP contribution is -2.30. The monoisotopic (exact) mass is 662 g/mol. The van der Waals surface area contributed by atoms with Crippen molar-refractivity contribution in [2.45, 2.75) is 105 Å². The molecule has 0 aliphatic heterocycles. The van der Waals surface area contributed by atoms with Crippen molar-refractivity contribution < 1.29 is 37.3 Å². The fourth-order valence-electron chi connectivity index (χ4n) is 4.97. The van der Waals surface area contributed by atoms with Gasteiger partial charge in [-0.2, -0.15) is 4.57 Å². The molecular weight excluding hydrogens is 609 g/mol. The van der Waals surface area contributed by atoms with Gasteiger partial charge in [-0.05, 0) is 63.6 Å². The number of nitrogens with zero attached hydrogens (tertiary/aromatic N) is 1. The highest BCUT2D eigenvalue weighted by Crippen LogP contribution is 2.44. The van der Waals surface area contributed by atoms with Gasteiger partial charge in [-0.15, -0.1) is 0 Å². The summed E-state index contributed by atoms with van der Waals surface area (Å²) in [6.07, 6.45) is 14.4. The SMILES string of the molecule is CCCCCCCCCCCCOc1cccc(OCC(COP(=O)(O)Oc2ccc(C[n+]3csc(C)c3)cc2)OCC)c1C. The summed E-state index contributed by atoms with van der Waals surface area (Å²) in [4.78, 5) is 11.6. The standard InChI is InChI=1S/C35H52NO7PS/c1-5-7-8-9-10-11-12-13-14-15-23-40-34-17-16-18-35(30(34)4)41-26-33(39-6-2)27-42-44(37,38)43-32-21-19-31(20-22-32)25-36-24-29(3)45-28-36/h16-22,24,28,33H,5-15,23,25-27H2,1-4H3/p+1. The molecule has 1 N–H and O–H groups in total. The van der Waals surface area contributed by atoms with Crippen LogP contribution in [0, 0.1) is 13.8 Å². The molecule has 2 aromatic carbocycles. The van der Waals surface area contributed by atoms with E-state index in [2.05, 4.69) is 30.1 Å². The van der Waals surface area contributed by atoms with Gasteiger partial charge in [-0.3, -0.25) is 9.42 Å². The first-order valence-electron chi connectivity index (χ1n) is 16.5. The van der Waals surface area contributed by atoms with E-state index >= 15 is 0 Å². The molecule has 0 aliphatic carbocycles. The van der Waals surface area contributed by atoms with Crippen molar-refractivity contribution in [3.05, 3.63) is 70.2 Å². The Kier molecular flexibility index (Phi) is 17.0. The molecule has 0 saturated carbocycles. The van der Waals surface area contributed by atoms with Crippen molar-refractivity contribution in [1.82, 2.24) is 0 Å². The normalized spacial score (nSPS) is 13.4. The van der Waals surface area contributed by atoms with Crippen LogP contribution in [0.2, 0.25) is 0 Å². The molecule has 0 spiro atoms. The molecule has 3 aromatic rings. The highest BCUT2D eigenvalue weighted by Gasteiger charge is 2.26. The van der Waals surface area contributed by atoms with Crippen molar-refractivity contribution in [2.75, 3.05) is 26.4 Å². The van der Waals surface area contributed by atoms with Gasteiger partial charge < -0.3 is 18.7 Å². The summed E-state index contributed by atoms with van der Waals surface area (Å²) in [6.45, 7) is 9.91. The number of rotatable bonds is 24. The third-order valence-electron chi connectivity index (χ3n) is 7.47. The van der Waals surface area contributed by atoms with E-state index in [1.54, 1.807) is 23.5 Å². The highest BCUT2D eigenvalue weighted by atomic mass is 32.1. The topological polar surface area (TPSA) is 87.3 Å². The smallest absolute Gasteiger partial charge is 0.493 e. The van der Waals surface area contributed by atoms with Gasteiger partial charge in [0.25, 0.3) is 0 Å². The first kappa shape index (κ1) is 37.0. The van der Waals surface area contributed by atoms with E-state index in [1.807, 2.05) is 44.2 Å². The lowest BCUT2D eigenvalue weighted by Gasteiger charge is -2.21. The second-order valence-corrected chi connectivity index (χ2v) is 13.9. The Balaban J connectivity index is 1.38. The molecule has 1 heterocycles. The Hall–Kier alpha value is -2.42. The van der Waals surface area contributed by atoms with Gasteiger partial charge in [0.15, 0.2) is 12.7 Å². The quantitative estimate of drug-likeness (QED) is 0.0582. The van der Waals surface area contributed by atoms with Gasteiger partial charge in [-0.1, -0.05) is 82.1 Å². The van der Waals surface area contributed by atoms with Gasteiger partial charge in [0.05, 0.1) is 18.1 Å². The second-order valence-electron chi connectivity index (χ2n) is 11.4. The molecule has 8 nitrogen and oxygen atoms in total. The summed E-state index contributed by atoms with van der Waals surface area (Å²) < 4.78 is 43.2. The van der Waals surface area contributed by atoms with Crippen LogP contribution in [0.4, 0.5) is 0 Å². The molecule has 250 valence electrons. The van der Waals surface area contributed by atoms with Crippen LogP contribution in [0.25, 0.3) is 0 Å². The van der Waals surface area contributed by atoms with E-state index in [0.717, 1.165) is 23.3 Å². The summed E-state index contributed by atoms with van der Waals surface area (Å²) in [5.74, 6) is 1.74. The molecule has 45 heavy (non-hydrogen) atoms. The Morgan fingerprint density at radius 2 is 1.49 bits per heavy atom.